The van der Waals surface area contributed by atoms with Crippen LogP contribution in [0.3, 0.4) is 0 Å². The summed E-state index contributed by atoms with van der Waals surface area (Å²) in [5.41, 5.74) is 8.49. The molecule has 3 N–H and O–H groups in total. The number of amides is 2. The van der Waals surface area contributed by atoms with E-state index >= 15 is 0 Å². The van der Waals surface area contributed by atoms with Crippen molar-refractivity contribution in [3.05, 3.63) is 41.1 Å². The van der Waals surface area contributed by atoms with Gasteiger partial charge < -0.3 is 20.0 Å². The van der Waals surface area contributed by atoms with Gasteiger partial charge in [0.05, 0.1) is 12.0 Å². The summed E-state index contributed by atoms with van der Waals surface area (Å²) in [6.45, 7) is 5.76. The largest absolute Gasteiger partial charge is 0.459 e. The molecule has 0 spiro atoms. The third kappa shape index (κ3) is 3.43. The first-order chi connectivity index (χ1) is 12.0. The van der Waals surface area contributed by atoms with Crippen molar-refractivity contribution in [3.8, 4) is 0 Å². The lowest BCUT2D eigenvalue weighted by Gasteiger charge is -2.24. The first-order valence-corrected chi connectivity index (χ1v) is 8.37. The molecule has 1 unspecified atom stereocenters. The van der Waals surface area contributed by atoms with Gasteiger partial charge in [0, 0.05) is 37.4 Å². The molecule has 0 aliphatic carbocycles. The van der Waals surface area contributed by atoms with Crippen LogP contribution in [0.15, 0.2) is 22.8 Å². The van der Waals surface area contributed by atoms with Gasteiger partial charge in [-0.25, -0.2) is 0 Å². The summed E-state index contributed by atoms with van der Waals surface area (Å²) >= 11 is 0. The summed E-state index contributed by atoms with van der Waals surface area (Å²) in [5.74, 6) is 0.0335. The number of nitrogens with one attached hydrogen (secondary N) is 1. The van der Waals surface area contributed by atoms with Crippen LogP contribution in [0.5, 0.6) is 0 Å². The lowest BCUT2D eigenvalue weighted by molar-refractivity contribution is -0.132. The van der Waals surface area contributed by atoms with E-state index in [0.29, 0.717) is 38.4 Å². The van der Waals surface area contributed by atoms with Crippen molar-refractivity contribution < 1.29 is 14.0 Å². The highest BCUT2D eigenvalue weighted by atomic mass is 16.3. The van der Waals surface area contributed by atoms with Crippen LogP contribution < -0.4 is 5.73 Å². The fourth-order valence-corrected chi connectivity index (χ4v) is 3.24. The van der Waals surface area contributed by atoms with Gasteiger partial charge in [-0.2, -0.15) is 5.10 Å². The summed E-state index contributed by atoms with van der Waals surface area (Å²) in [7, 11) is 0. The number of aromatic nitrogens is 2. The summed E-state index contributed by atoms with van der Waals surface area (Å²) in [6.07, 6.45) is 2.18. The van der Waals surface area contributed by atoms with Crippen molar-refractivity contribution in [2.24, 2.45) is 5.73 Å². The van der Waals surface area contributed by atoms with Crippen molar-refractivity contribution >= 4 is 11.8 Å². The molecule has 1 aliphatic heterocycles. The minimum absolute atomic E-state index is 0.139. The predicted molar refractivity (Wildman–Crippen MR) is 90.8 cm³/mol. The number of aromatic amines is 1. The number of hydrogen-bond donors (Lipinski definition) is 2. The average molecular weight is 345 g/mol. The van der Waals surface area contributed by atoms with E-state index in [0.717, 1.165) is 17.0 Å². The molecule has 2 aromatic rings. The Morgan fingerprint density at radius 2 is 1.96 bits per heavy atom. The van der Waals surface area contributed by atoms with Gasteiger partial charge in [0.2, 0.25) is 5.91 Å². The van der Waals surface area contributed by atoms with E-state index in [9.17, 15) is 9.59 Å². The number of nitrogens with two attached hydrogens (primary N) is 1. The van der Waals surface area contributed by atoms with Crippen molar-refractivity contribution in [2.75, 3.05) is 26.2 Å². The molecule has 0 aromatic carbocycles. The van der Waals surface area contributed by atoms with Gasteiger partial charge in [-0.3, -0.25) is 14.7 Å². The number of nitrogens with zero attached hydrogens (tertiary/aromatic N) is 3. The van der Waals surface area contributed by atoms with Gasteiger partial charge in [0.25, 0.3) is 5.91 Å². The summed E-state index contributed by atoms with van der Waals surface area (Å²) in [5, 5.41) is 6.97. The first kappa shape index (κ1) is 17.2. The standard InChI is InChI=1S/C17H23N5O3/c1-11-14(12(2)20-19-11)15(18)17(24)22-7-4-6-21(8-9-22)16(23)13-5-3-10-25-13/h3,5,10,15H,4,6-9,18H2,1-2H3,(H,19,20). The van der Waals surface area contributed by atoms with Crippen LogP contribution >= 0.6 is 0 Å². The van der Waals surface area contributed by atoms with E-state index in [2.05, 4.69) is 10.2 Å². The van der Waals surface area contributed by atoms with Gasteiger partial charge in [-0.15, -0.1) is 0 Å². The quantitative estimate of drug-likeness (QED) is 0.862. The maximum Gasteiger partial charge on any atom is 0.289 e. The van der Waals surface area contributed by atoms with Crippen LogP contribution in [0.4, 0.5) is 0 Å². The second-order valence-corrected chi connectivity index (χ2v) is 6.27. The molecule has 134 valence electrons. The van der Waals surface area contributed by atoms with Crippen LogP contribution in [-0.4, -0.2) is 58.0 Å². The van der Waals surface area contributed by atoms with Gasteiger partial charge in [-0.05, 0) is 32.4 Å². The zero-order valence-corrected chi connectivity index (χ0v) is 14.5. The Hall–Kier alpha value is -2.61. The molecule has 2 amide bonds. The molecule has 8 heteroatoms. The highest BCUT2D eigenvalue weighted by Gasteiger charge is 2.29. The lowest BCUT2D eigenvalue weighted by atomic mass is 10.0. The normalized spacial score (nSPS) is 16.6. The third-order valence-electron chi connectivity index (χ3n) is 4.59. The number of H-pyrrole nitrogens is 1. The molecule has 1 aliphatic rings. The minimum Gasteiger partial charge on any atom is -0.459 e. The molecule has 25 heavy (non-hydrogen) atoms. The molecule has 1 saturated heterocycles. The van der Waals surface area contributed by atoms with E-state index in [4.69, 9.17) is 10.2 Å². The average Bonchev–Trinajstić information content (AvgIpc) is 3.17. The number of carbonyl (C=O) groups is 2. The molecule has 0 radical (unpaired) electrons. The number of furan rings is 1. The van der Waals surface area contributed by atoms with Crippen molar-refractivity contribution in [2.45, 2.75) is 26.3 Å². The second-order valence-electron chi connectivity index (χ2n) is 6.27. The van der Waals surface area contributed by atoms with Crippen molar-refractivity contribution in [1.82, 2.24) is 20.0 Å². The number of hydrogen-bond acceptors (Lipinski definition) is 5. The Balaban J connectivity index is 1.66. The van der Waals surface area contributed by atoms with E-state index in [1.807, 2.05) is 13.8 Å². The molecule has 0 saturated carbocycles. The highest BCUT2D eigenvalue weighted by molar-refractivity contribution is 5.91. The Morgan fingerprint density at radius 1 is 1.24 bits per heavy atom. The maximum atomic E-state index is 12.8. The fourth-order valence-electron chi connectivity index (χ4n) is 3.24. The number of carbonyl (C=O) groups excluding carboxylic acids is 2. The zero-order chi connectivity index (χ0) is 18.0. The predicted octanol–water partition coefficient (Wildman–Crippen LogP) is 0.994. The lowest BCUT2D eigenvalue weighted by Crippen LogP contribution is -2.41. The maximum absolute atomic E-state index is 12.8. The molecule has 1 fully saturated rings. The van der Waals surface area contributed by atoms with Crippen LogP contribution in [0.25, 0.3) is 0 Å². The Bertz CT molecular complexity index is 733. The second kappa shape index (κ2) is 7.10. The monoisotopic (exact) mass is 345 g/mol. The molecule has 2 aromatic heterocycles. The van der Waals surface area contributed by atoms with Crippen LogP contribution in [0.2, 0.25) is 0 Å². The minimum atomic E-state index is -0.744. The SMILES string of the molecule is Cc1n[nH]c(C)c1C(N)C(=O)N1CCCN(C(=O)c2ccco2)CC1. The van der Waals surface area contributed by atoms with E-state index in [1.165, 1.54) is 6.26 Å². The molecule has 1 atom stereocenters. The fraction of sp³-hybridized carbons (Fsp3) is 0.471. The van der Waals surface area contributed by atoms with Gasteiger partial charge in [0.15, 0.2) is 5.76 Å². The highest BCUT2D eigenvalue weighted by Crippen LogP contribution is 2.20. The third-order valence-corrected chi connectivity index (χ3v) is 4.59. The van der Waals surface area contributed by atoms with Crippen molar-refractivity contribution in [3.63, 3.8) is 0 Å². The van der Waals surface area contributed by atoms with Crippen LogP contribution in [0, 0.1) is 13.8 Å². The molecule has 0 bridgehead atoms. The molecule has 3 heterocycles. The van der Waals surface area contributed by atoms with E-state index < -0.39 is 6.04 Å². The molecule has 3 rings (SSSR count). The Labute approximate surface area is 146 Å². The summed E-state index contributed by atoms with van der Waals surface area (Å²) in [6, 6.07) is 2.59. The summed E-state index contributed by atoms with van der Waals surface area (Å²) in [4.78, 5) is 28.6. The molecule has 8 nitrogen and oxygen atoms in total. The topological polar surface area (TPSA) is 108 Å². The van der Waals surface area contributed by atoms with Crippen LogP contribution in [0.1, 0.15) is 40.0 Å². The Kier molecular flexibility index (Phi) is 4.89. The number of aryl methyl sites for hydroxylation is 2. The van der Waals surface area contributed by atoms with Gasteiger partial charge in [0.1, 0.15) is 6.04 Å². The van der Waals surface area contributed by atoms with E-state index in [1.54, 1.807) is 21.9 Å². The number of rotatable bonds is 3. The van der Waals surface area contributed by atoms with Gasteiger partial charge in [-0.1, -0.05) is 0 Å². The first-order valence-electron chi connectivity index (χ1n) is 8.37. The van der Waals surface area contributed by atoms with E-state index in [-0.39, 0.29) is 11.8 Å². The van der Waals surface area contributed by atoms with Crippen molar-refractivity contribution in [1.29, 1.82) is 0 Å². The smallest absolute Gasteiger partial charge is 0.289 e. The Morgan fingerprint density at radius 3 is 2.60 bits per heavy atom. The summed E-state index contributed by atoms with van der Waals surface area (Å²) < 4.78 is 5.17. The molecular weight excluding hydrogens is 322 g/mol. The zero-order valence-electron chi connectivity index (χ0n) is 14.5. The van der Waals surface area contributed by atoms with Gasteiger partial charge >= 0.3 is 0 Å². The van der Waals surface area contributed by atoms with Crippen LogP contribution in [-0.2, 0) is 4.79 Å². The molecular formula is C17H23N5O3.